The van der Waals surface area contributed by atoms with Gasteiger partial charge in [-0.3, -0.25) is 9.78 Å². The standard InChI is InChI=1S/C11H9BrN2O/c1-13-11(15)8-5-6-14-10-7(8)3-2-4-9(10)12/h2-6H,1H3,(H,13,15). The van der Waals surface area contributed by atoms with Crippen molar-refractivity contribution in [2.24, 2.45) is 0 Å². The van der Waals surface area contributed by atoms with Crippen molar-refractivity contribution in [2.45, 2.75) is 0 Å². The summed E-state index contributed by atoms with van der Waals surface area (Å²) in [6.45, 7) is 0. The van der Waals surface area contributed by atoms with Gasteiger partial charge in [0.25, 0.3) is 5.91 Å². The van der Waals surface area contributed by atoms with Crippen LogP contribution in [-0.4, -0.2) is 17.9 Å². The van der Waals surface area contributed by atoms with Crippen LogP contribution in [0.5, 0.6) is 0 Å². The predicted octanol–water partition coefficient (Wildman–Crippen LogP) is 2.36. The van der Waals surface area contributed by atoms with Crippen LogP contribution in [0.25, 0.3) is 10.9 Å². The Balaban J connectivity index is 2.77. The van der Waals surface area contributed by atoms with E-state index < -0.39 is 0 Å². The molecule has 4 heteroatoms. The first-order valence-corrected chi connectivity index (χ1v) is 5.28. The summed E-state index contributed by atoms with van der Waals surface area (Å²) in [6.07, 6.45) is 1.64. The maximum atomic E-state index is 11.6. The number of pyridine rings is 1. The summed E-state index contributed by atoms with van der Waals surface area (Å²) in [4.78, 5) is 15.8. The molecule has 15 heavy (non-hydrogen) atoms. The summed E-state index contributed by atoms with van der Waals surface area (Å²) in [7, 11) is 1.62. The third-order valence-corrected chi connectivity index (χ3v) is 2.83. The number of rotatable bonds is 1. The Bertz CT molecular complexity index is 525. The van der Waals surface area contributed by atoms with Crippen molar-refractivity contribution < 1.29 is 4.79 Å². The first-order chi connectivity index (χ1) is 7.24. The van der Waals surface area contributed by atoms with Gasteiger partial charge in [0.2, 0.25) is 0 Å². The fourth-order valence-corrected chi connectivity index (χ4v) is 1.94. The fourth-order valence-electron chi connectivity index (χ4n) is 1.47. The molecule has 0 unspecified atom stereocenters. The third kappa shape index (κ3) is 1.72. The molecule has 1 N–H and O–H groups in total. The van der Waals surface area contributed by atoms with Crippen LogP contribution in [0.4, 0.5) is 0 Å². The summed E-state index contributed by atoms with van der Waals surface area (Å²) < 4.78 is 0.894. The lowest BCUT2D eigenvalue weighted by Crippen LogP contribution is -2.18. The molecule has 0 saturated carbocycles. The van der Waals surface area contributed by atoms with E-state index in [1.54, 1.807) is 19.3 Å². The zero-order valence-electron chi connectivity index (χ0n) is 8.12. The van der Waals surface area contributed by atoms with E-state index in [0.29, 0.717) is 5.56 Å². The van der Waals surface area contributed by atoms with Gasteiger partial charge in [0.1, 0.15) is 0 Å². The van der Waals surface area contributed by atoms with E-state index in [1.165, 1.54) is 0 Å². The number of hydrogen-bond donors (Lipinski definition) is 1. The Hall–Kier alpha value is -1.42. The first kappa shape index (κ1) is 10.1. The highest BCUT2D eigenvalue weighted by Crippen LogP contribution is 2.23. The Kier molecular flexibility index (Phi) is 2.68. The summed E-state index contributed by atoms with van der Waals surface area (Å²) in [5.41, 5.74) is 1.45. The number of para-hydroxylation sites is 1. The lowest BCUT2D eigenvalue weighted by atomic mass is 10.1. The lowest BCUT2D eigenvalue weighted by Gasteiger charge is -2.05. The number of halogens is 1. The van der Waals surface area contributed by atoms with Crippen LogP contribution in [0.2, 0.25) is 0 Å². The molecule has 3 nitrogen and oxygen atoms in total. The Morgan fingerprint density at radius 2 is 2.20 bits per heavy atom. The minimum Gasteiger partial charge on any atom is -0.355 e. The molecule has 0 saturated heterocycles. The zero-order valence-corrected chi connectivity index (χ0v) is 9.71. The van der Waals surface area contributed by atoms with Crippen LogP contribution >= 0.6 is 15.9 Å². The fraction of sp³-hybridized carbons (Fsp3) is 0.0909. The molecule has 2 rings (SSSR count). The smallest absolute Gasteiger partial charge is 0.251 e. The molecule has 2 aromatic rings. The molecule has 1 amide bonds. The third-order valence-electron chi connectivity index (χ3n) is 2.19. The SMILES string of the molecule is CNC(=O)c1ccnc2c(Br)cccc12. The molecule has 0 radical (unpaired) electrons. The predicted molar refractivity (Wildman–Crippen MR) is 62.8 cm³/mol. The van der Waals surface area contributed by atoms with Gasteiger partial charge in [0, 0.05) is 23.1 Å². The molecule has 0 aliphatic carbocycles. The second kappa shape index (κ2) is 3.98. The maximum Gasteiger partial charge on any atom is 0.251 e. The Morgan fingerprint density at radius 1 is 1.40 bits per heavy atom. The van der Waals surface area contributed by atoms with Crippen LogP contribution in [0.3, 0.4) is 0 Å². The number of aromatic nitrogens is 1. The Labute approximate surface area is 95.6 Å². The van der Waals surface area contributed by atoms with Gasteiger partial charge in [-0.1, -0.05) is 12.1 Å². The van der Waals surface area contributed by atoms with E-state index in [-0.39, 0.29) is 5.91 Å². The summed E-state index contributed by atoms with van der Waals surface area (Å²) in [5.74, 6) is -0.0968. The summed E-state index contributed by atoms with van der Waals surface area (Å²) >= 11 is 3.41. The van der Waals surface area contributed by atoms with Gasteiger partial charge < -0.3 is 5.32 Å². The van der Waals surface area contributed by atoms with E-state index in [9.17, 15) is 4.79 Å². The average molecular weight is 265 g/mol. The number of nitrogens with zero attached hydrogens (tertiary/aromatic N) is 1. The van der Waals surface area contributed by atoms with E-state index in [0.717, 1.165) is 15.4 Å². The normalized spacial score (nSPS) is 10.3. The average Bonchev–Trinajstić information content (AvgIpc) is 2.28. The minimum absolute atomic E-state index is 0.0968. The van der Waals surface area contributed by atoms with Gasteiger partial charge in [0.05, 0.1) is 11.1 Å². The number of nitrogens with one attached hydrogen (secondary N) is 1. The van der Waals surface area contributed by atoms with Crippen LogP contribution < -0.4 is 5.32 Å². The lowest BCUT2D eigenvalue weighted by molar-refractivity contribution is 0.0964. The number of carbonyl (C=O) groups is 1. The van der Waals surface area contributed by atoms with Crippen molar-refractivity contribution in [2.75, 3.05) is 7.05 Å². The summed E-state index contributed by atoms with van der Waals surface area (Å²) in [6, 6.07) is 7.40. The second-order valence-electron chi connectivity index (χ2n) is 3.07. The quantitative estimate of drug-likeness (QED) is 0.860. The zero-order chi connectivity index (χ0) is 10.8. The van der Waals surface area contributed by atoms with Crippen molar-refractivity contribution in [3.8, 4) is 0 Å². The summed E-state index contributed by atoms with van der Waals surface area (Å²) in [5, 5.41) is 3.46. The molecule has 0 spiro atoms. The number of amides is 1. The molecule has 1 heterocycles. The second-order valence-corrected chi connectivity index (χ2v) is 3.93. The van der Waals surface area contributed by atoms with Gasteiger partial charge in [0.15, 0.2) is 0 Å². The number of benzene rings is 1. The molecule has 0 fully saturated rings. The number of hydrogen-bond acceptors (Lipinski definition) is 2. The van der Waals surface area contributed by atoms with Crippen molar-refractivity contribution in [1.29, 1.82) is 0 Å². The van der Waals surface area contributed by atoms with Gasteiger partial charge in [-0.05, 0) is 28.1 Å². The number of carbonyl (C=O) groups excluding carboxylic acids is 1. The van der Waals surface area contributed by atoms with Crippen molar-refractivity contribution in [3.63, 3.8) is 0 Å². The van der Waals surface area contributed by atoms with Gasteiger partial charge in [-0.2, -0.15) is 0 Å². The van der Waals surface area contributed by atoms with E-state index >= 15 is 0 Å². The van der Waals surface area contributed by atoms with Crippen molar-refractivity contribution >= 4 is 32.7 Å². The Morgan fingerprint density at radius 3 is 2.93 bits per heavy atom. The molecular formula is C11H9BrN2O. The highest BCUT2D eigenvalue weighted by atomic mass is 79.9. The molecule has 1 aromatic carbocycles. The molecule has 0 bridgehead atoms. The van der Waals surface area contributed by atoms with Gasteiger partial charge in [-0.25, -0.2) is 0 Å². The van der Waals surface area contributed by atoms with Crippen LogP contribution in [0.15, 0.2) is 34.9 Å². The van der Waals surface area contributed by atoms with Gasteiger partial charge in [-0.15, -0.1) is 0 Å². The van der Waals surface area contributed by atoms with E-state index in [4.69, 9.17) is 0 Å². The largest absolute Gasteiger partial charge is 0.355 e. The molecule has 0 aliphatic heterocycles. The molecular weight excluding hydrogens is 256 g/mol. The maximum absolute atomic E-state index is 11.6. The molecule has 1 aromatic heterocycles. The molecule has 0 atom stereocenters. The van der Waals surface area contributed by atoms with Crippen LogP contribution in [0.1, 0.15) is 10.4 Å². The van der Waals surface area contributed by atoms with E-state index in [1.807, 2.05) is 18.2 Å². The minimum atomic E-state index is -0.0968. The topological polar surface area (TPSA) is 42.0 Å². The monoisotopic (exact) mass is 264 g/mol. The number of fused-ring (bicyclic) bond motifs is 1. The van der Waals surface area contributed by atoms with Crippen LogP contribution in [0, 0.1) is 0 Å². The van der Waals surface area contributed by atoms with Crippen molar-refractivity contribution in [3.05, 3.63) is 40.5 Å². The molecule has 0 aliphatic rings. The first-order valence-electron chi connectivity index (χ1n) is 4.49. The van der Waals surface area contributed by atoms with E-state index in [2.05, 4.69) is 26.2 Å². The van der Waals surface area contributed by atoms with Gasteiger partial charge >= 0.3 is 0 Å². The van der Waals surface area contributed by atoms with Crippen LogP contribution in [-0.2, 0) is 0 Å². The highest BCUT2D eigenvalue weighted by Gasteiger charge is 2.09. The highest BCUT2D eigenvalue weighted by molar-refractivity contribution is 9.10. The molecule has 76 valence electrons. The van der Waals surface area contributed by atoms with Crippen molar-refractivity contribution in [1.82, 2.24) is 10.3 Å².